The second kappa shape index (κ2) is 8.08. The van der Waals surface area contributed by atoms with E-state index in [0.29, 0.717) is 35.5 Å². The van der Waals surface area contributed by atoms with Crippen molar-refractivity contribution in [2.75, 3.05) is 36.5 Å². The number of ether oxygens (including phenoxy) is 1. The molecular formula is C18H17ClN4O3S. The highest BCUT2D eigenvalue weighted by Gasteiger charge is 2.23. The van der Waals surface area contributed by atoms with Gasteiger partial charge in [0.25, 0.3) is 5.91 Å². The van der Waals surface area contributed by atoms with Crippen LogP contribution in [0.25, 0.3) is 11.5 Å². The Kier molecular flexibility index (Phi) is 5.38. The fourth-order valence-electron chi connectivity index (χ4n) is 2.73. The standard InChI is InChI=1S/C18H17ClN4O3S/c19-10-13-4-3-12(11-20-13)16(24)22-18-21-15(14-2-1-7-26-14)17(27-18)23-5-8-25-9-6-23/h1-4,7,11H,5-6,8-10H2,(H,21,22,24). The molecule has 4 rings (SSSR count). The molecule has 0 bridgehead atoms. The quantitative estimate of drug-likeness (QED) is 0.654. The van der Waals surface area contributed by atoms with Crippen LogP contribution >= 0.6 is 22.9 Å². The summed E-state index contributed by atoms with van der Waals surface area (Å²) in [5.74, 6) is 0.710. The summed E-state index contributed by atoms with van der Waals surface area (Å²) in [4.78, 5) is 23.5. The number of thiazole rings is 1. The summed E-state index contributed by atoms with van der Waals surface area (Å²) in [6.45, 7) is 2.87. The zero-order valence-electron chi connectivity index (χ0n) is 14.4. The van der Waals surface area contributed by atoms with Crippen LogP contribution in [0.2, 0.25) is 0 Å². The number of rotatable bonds is 5. The van der Waals surface area contributed by atoms with Crippen molar-refractivity contribution in [2.45, 2.75) is 5.88 Å². The molecule has 0 atom stereocenters. The molecule has 1 aliphatic heterocycles. The highest BCUT2D eigenvalue weighted by Crippen LogP contribution is 2.39. The number of hydrogen-bond donors (Lipinski definition) is 1. The number of carbonyl (C=O) groups is 1. The molecule has 4 heterocycles. The zero-order chi connectivity index (χ0) is 18.6. The third-order valence-corrected chi connectivity index (χ3v) is 5.41. The lowest BCUT2D eigenvalue weighted by atomic mass is 10.2. The molecular weight excluding hydrogens is 388 g/mol. The maximum absolute atomic E-state index is 12.5. The number of aromatic nitrogens is 2. The average Bonchev–Trinajstić information content (AvgIpc) is 3.38. The second-order valence-electron chi connectivity index (χ2n) is 5.88. The first-order valence-electron chi connectivity index (χ1n) is 8.44. The van der Waals surface area contributed by atoms with Crippen molar-refractivity contribution in [3.63, 3.8) is 0 Å². The van der Waals surface area contributed by atoms with E-state index in [-0.39, 0.29) is 5.91 Å². The number of anilines is 2. The van der Waals surface area contributed by atoms with Crippen LogP contribution in [0, 0.1) is 0 Å². The summed E-state index contributed by atoms with van der Waals surface area (Å²) in [6.07, 6.45) is 3.12. The molecule has 1 N–H and O–H groups in total. The predicted molar refractivity (Wildman–Crippen MR) is 105 cm³/mol. The minimum absolute atomic E-state index is 0.267. The van der Waals surface area contributed by atoms with Crippen LogP contribution in [-0.4, -0.2) is 42.2 Å². The average molecular weight is 405 g/mol. The topological polar surface area (TPSA) is 80.5 Å². The largest absolute Gasteiger partial charge is 0.463 e. The Morgan fingerprint density at radius 2 is 2.15 bits per heavy atom. The van der Waals surface area contributed by atoms with E-state index in [4.69, 9.17) is 20.8 Å². The lowest BCUT2D eigenvalue weighted by Gasteiger charge is -2.27. The molecule has 0 aliphatic carbocycles. The maximum Gasteiger partial charge on any atom is 0.259 e. The number of amides is 1. The first-order chi connectivity index (χ1) is 13.2. The summed E-state index contributed by atoms with van der Waals surface area (Å²) < 4.78 is 11.0. The molecule has 9 heteroatoms. The monoisotopic (exact) mass is 404 g/mol. The first-order valence-corrected chi connectivity index (χ1v) is 9.79. The van der Waals surface area contributed by atoms with E-state index in [0.717, 1.165) is 29.5 Å². The van der Waals surface area contributed by atoms with E-state index in [9.17, 15) is 4.79 Å². The van der Waals surface area contributed by atoms with Crippen LogP contribution in [0.4, 0.5) is 10.1 Å². The van der Waals surface area contributed by atoms with Crippen LogP contribution in [0.15, 0.2) is 41.1 Å². The Labute approximate surface area is 164 Å². The molecule has 1 aliphatic rings. The van der Waals surface area contributed by atoms with Gasteiger partial charge in [0.05, 0.1) is 36.6 Å². The number of hydrogen-bond acceptors (Lipinski definition) is 7. The molecule has 0 unspecified atom stereocenters. The van der Waals surface area contributed by atoms with E-state index in [1.54, 1.807) is 18.4 Å². The third-order valence-electron chi connectivity index (χ3n) is 4.11. The Balaban J connectivity index is 1.59. The molecule has 0 spiro atoms. The molecule has 1 amide bonds. The van der Waals surface area contributed by atoms with Crippen LogP contribution in [-0.2, 0) is 10.6 Å². The van der Waals surface area contributed by atoms with E-state index in [1.165, 1.54) is 17.5 Å². The fraction of sp³-hybridized carbons (Fsp3) is 0.278. The number of morpholine rings is 1. The summed E-state index contributed by atoms with van der Waals surface area (Å²) in [7, 11) is 0. The summed E-state index contributed by atoms with van der Waals surface area (Å²) in [5, 5.41) is 4.32. The lowest BCUT2D eigenvalue weighted by Crippen LogP contribution is -2.35. The number of furan rings is 1. The number of halogens is 1. The molecule has 27 heavy (non-hydrogen) atoms. The second-order valence-corrected chi connectivity index (χ2v) is 7.12. The van der Waals surface area contributed by atoms with Gasteiger partial charge in [-0.1, -0.05) is 11.3 Å². The lowest BCUT2D eigenvalue weighted by molar-refractivity contribution is 0.102. The van der Waals surface area contributed by atoms with Gasteiger partial charge in [-0.2, -0.15) is 0 Å². The highest BCUT2D eigenvalue weighted by molar-refractivity contribution is 7.20. The summed E-state index contributed by atoms with van der Waals surface area (Å²) in [6, 6.07) is 7.11. The van der Waals surface area contributed by atoms with E-state index in [1.807, 2.05) is 12.1 Å². The van der Waals surface area contributed by atoms with Gasteiger partial charge in [0.1, 0.15) is 10.7 Å². The zero-order valence-corrected chi connectivity index (χ0v) is 15.9. The molecule has 7 nitrogen and oxygen atoms in total. The van der Waals surface area contributed by atoms with Gasteiger partial charge in [-0.05, 0) is 24.3 Å². The SMILES string of the molecule is O=C(Nc1nc(-c2ccco2)c(N2CCOCC2)s1)c1ccc(CCl)nc1. The molecule has 0 aromatic carbocycles. The van der Waals surface area contributed by atoms with Crippen molar-refractivity contribution in [1.29, 1.82) is 0 Å². The van der Waals surface area contributed by atoms with Crippen molar-refractivity contribution < 1.29 is 13.9 Å². The highest BCUT2D eigenvalue weighted by atomic mass is 35.5. The predicted octanol–water partition coefficient (Wildman–Crippen LogP) is 3.63. The number of alkyl halides is 1. The van der Waals surface area contributed by atoms with E-state index in [2.05, 4.69) is 20.2 Å². The fourth-order valence-corrected chi connectivity index (χ4v) is 3.90. The number of carbonyl (C=O) groups excluding carboxylic acids is 1. The molecule has 1 fully saturated rings. The van der Waals surface area contributed by atoms with Crippen LogP contribution in [0.5, 0.6) is 0 Å². The van der Waals surface area contributed by atoms with Gasteiger partial charge in [0.2, 0.25) is 0 Å². The maximum atomic E-state index is 12.5. The van der Waals surface area contributed by atoms with Gasteiger partial charge < -0.3 is 14.1 Å². The van der Waals surface area contributed by atoms with Crippen molar-refractivity contribution in [2.24, 2.45) is 0 Å². The van der Waals surface area contributed by atoms with E-state index < -0.39 is 0 Å². The molecule has 0 radical (unpaired) electrons. The Morgan fingerprint density at radius 3 is 2.81 bits per heavy atom. The normalized spacial score (nSPS) is 14.3. The smallest absolute Gasteiger partial charge is 0.259 e. The van der Waals surface area contributed by atoms with Gasteiger partial charge >= 0.3 is 0 Å². The third kappa shape index (κ3) is 3.97. The number of nitrogens with zero attached hydrogens (tertiary/aromatic N) is 3. The molecule has 140 valence electrons. The van der Waals surface area contributed by atoms with Gasteiger partial charge in [0.15, 0.2) is 10.9 Å². The van der Waals surface area contributed by atoms with Gasteiger partial charge in [-0.3, -0.25) is 15.1 Å². The van der Waals surface area contributed by atoms with Crippen LogP contribution < -0.4 is 10.2 Å². The molecule has 0 saturated carbocycles. The number of nitrogens with one attached hydrogen (secondary N) is 1. The summed E-state index contributed by atoms with van der Waals surface area (Å²) >= 11 is 7.16. The van der Waals surface area contributed by atoms with Gasteiger partial charge in [-0.15, -0.1) is 11.6 Å². The minimum atomic E-state index is -0.267. The molecule has 3 aromatic heterocycles. The Bertz CT molecular complexity index is 905. The van der Waals surface area contributed by atoms with Gasteiger partial charge in [-0.25, -0.2) is 4.98 Å². The van der Waals surface area contributed by atoms with Crippen LogP contribution in [0.3, 0.4) is 0 Å². The van der Waals surface area contributed by atoms with Crippen molar-refractivity contribution >= 4 is 39.0 Å². The molecule has 1 saturated heterocycles. The molecule has 3 aromatic rings. The van der Waals surface area contributed by atoms with Crippen LogP contribution in [0.1, 0.15) is 16.1 Å². The van der Waals surface area contributed by atoms with Crippen molar-refractivity contribution in [3.05, 3.63) is 48.0 Å². The Morgan fingerprint density at radius 1 is 1.30 bits per heavy atom. The minimum Gasteiger partial charge on any atom is -0.463 e. The van der Waals surface area contributed by atoms with Gasteiger partial charge in [0, 0.05) is 19.3 Å². The van der Waals surface area contributed by atoms with Crippen molar-refractivity contribution in [3.8, 4) is 11.5 Å². The van der Waals surface area contributed by atoms with E-state index >= 15 is 0 Å². The number of pyridine rings is 1. The Hall–Kier alpha value is -2.42. The van der Waals surface area contributed by atoms with Crippen molar-refractivity contribution in [1.82, 2.24) is 9.97 Å². The summed E-state index contributed by atoms with van der Waals surface area (Å²) in [5.41, 5.74) is 1.89. The first kappa shape index (κ1) is 18.0.